The molecule has 2 N–H and O–H groups in total. The molecule has 0 spiro atoms. The number of nitrogens with one attached hydrogen (secondary N) is 2. The number of rotatable bonds is 5. The molecule has 1 aliphatic heterocycles. The highest BCUT2D eigenvalue weighted by atomic mass is 16.5. The number of carbonyl (C=O) groups excluding carboxylic acids is 1. The maximum absolute atomic E-state index is 12.0. The molecule has 4 heteroatoms. The summed E-state index contributed by atoms with van der Waals surface area (Å²) in [6, 6.07) is 7.95. The first kappa shape index (κ1) is 14.5. The van der Waals surface area contributed by atoms with Gasteiger partial charge in [-0.05, 0) is 49.9 Å². The third kappa shape index (κ3) is 4.05. The summed E-state index contributed by atoms with van der Waals surface area (Å²) in [5.74, 6) is 0.0717. The van der Waals surface area contributed by atoms with Crippen molar-refractivity contribution in [3.05, 3.63) is 29.8 Å². The first-order valence-electron chi connectivity index (χ1n) is 8.06. The molecule has 4 nitrogen and oxygen atoms in total. The number of benzene rings is 1. The Kier molecular flexibility index (Phi) is 4.88. The van der Waals surface area contributed by atoms with Crippen molar-refractivity contribution in [1.82, 2.24) is 5.32 Å². The lowest BCUT2D eigenvalue weighted by molar-refractivity contribution is -0.117. The monoisotopic (exact) mass is 288 g/mol. The Morgan fingerprint density at radius 1 is 1.14 bits per heavy atom. The van der Waals surface area contributed by atoms with Crippen LogP contribution in [0, 0.1) is 0 Å². The molecular formula is C17H24N2O2. The highest BCUT2D eigenvalue weighted by Crippen LogP contribution is 2.22. The van der Waals surface area contributed by atoms with Gasteiger partial charge >= 0.3 is 0 Å². The molecule has 114 valence electrons. The van der Waals surface area contributed by atoms with Crippen molar-refractivity contribution in [2.24, 2.45) is 0 Å². The topological polar surface area (TPSA) is 50.4 Å². The summed E-state index contributed by atoms with van der Waals surface area (Å²) in [7, 11) is 0. The molecule has 2 aliphatic rings. The summed E-state index contributed by atoms with van der Waals surface area (Å²) in [5.41, 5.74) is 2.03. The van der Waals surface area contributed by atoms with Gasteiger partial charge in [-0.2, -0.15) is 0 Å². The van der Waals surface area contributed by atoms with Crippen molar-refractivity contribution in [2.75, 3.05) is 11.9 Å². The van der Waals surface area contributed by atoms with Crippen LogP contribution in [0.4, 0.5) is 5.69 Å². The number of hydrogen-bond acceptors (Lipinski definition) is 3. The Balaban J connectivity index is 1.47. The van der Waals surface area contributed by atoms with Crippen molar-refractivity contribution in [3.8, 4) is 0 Å². The van der Waals surface area contributed by atoms with E-state index in [9.17, 15) is 4.79 Å². The van der Waals surface area contributed by atoms with Crippen LogP contribution in [0.5, 0.6) is 0 Å². The van der Waals surface area contributed by atoms with Crippen LogP contribution in [0.2, 0.25) is 0 Å². The third-order valence-corrected chi connectivity index (χ3v) is 4.39. The van der Waals surface area contributed by atoms with Gasteiger partial charge in [0, 0.05) is 5.69 Å². The number of anilines is 1. The summed E-state index contributed by atoms with van der Waals surface area (Å²) < 4.78 is 5.89. The molecule has 2 fully saturated rings. The van der Waals surface area contributed by atoms with E-state index < -0.39 is 0 Å². The Morgan fingerprint density at radius 3 is 2.57 bits per heavy atom. The molecule has 0 radical (unpaired) electrons. The summed E-state index contributed by atoms with van der Waals surface area (Å²) in [4.78, 5) is 12.0. The van der Waals surface area contributed by atoms with Gasteiger partial charge in [0.15, 0.2) is 0 Å². The van der Waals surface area contributed by atoms with Crippen LogP contribution in [0.3, 0.4) is 0 Å². The van der Waals surface area contributed by atoms with E-state index in [1.807, 2.05) is 24.3 Å². The van der Waals surface area contributed by atoms with Gasteiger partial charge in [-0.1, -0.05) is 25.0 Å². The second kappa shape index (κ2) is 7.05. The van der Waals surface area contributed by atoms with Gasteiger partial charge in [-0.15, -0.1) is 0 Å². The minimum Gasteiger partial charge on any atom is -0.374 e. The van der Waals surface area contributed by atoms with Crippen LogP contribution in [0.25, 0.3) is 0 Å². The SMILES string of the molecule is O=C(Nc1ccc(COC2CCCC2)cc1)C1CCCN1. The Morgan fingerprint density at radius 2 is 1.90 bits per heavy atom. The average Bonchev–Trinajstić information content (AvgIpc) is 3.20. The van der Waals surface area contributed by atoms with E-state index in [1.165, 1.54) is 31.2 Å². The Labute approximate surface area is 126 Å². The number of amides is 1. The number of hydrogen-bond donors (Lipinski definition) is 2. The minimum atomic E-state index is -0.0321. The zero-order chi connectivity index (χ0) is 14.5. The minimum absolute atomic E-state index is 0.0321. The van der Waals surface area contributed by atoms with Gasteiger partial charge in [-0.3, -0.25) is 4.79 Å². The maximum Gasteiger partial charge on any atom is 0.241 e. The predicted octanol–water partition coefficient (Wildman–Crippen LogP) is 2.84. The van der Waals surface area contributed by atoms with Crippen molar-refractivity contribution >= 4 is 11.6 Å². The van der Waals surface area contributed by atoms with E-state index in [4.69, 9.17) is 4.74 Å². The lowest BCUT2D eigenvalue weighted by atomic mass is 10.2. The van der Waals surface area contributed by atoms with Gasteiger partial charge in [0.05, 0.1) is 18.8 Å². The highest BCUT2D eigenvalue weighted by Gasteiger charge is 2.21. The second-order valence-electron chi connectivity index (χ2n) is 6.05. The van der Waals surface area contributed by atoms with Crippen molar-refractivity contribution < 1.29 is 9.53 Å². The molecule has 1 amide bonds. The van der Waals surface area contributed by atoms with Crippen LogP contribution < -0.4 is 10.6 Å². The van der Waals surface area contributed by atoms with Crippen LogP contribution in [-0.4, -0.2) is 24.6 Å². The van der Waals surface area contributed by atoms with Crippen LogP contribution >= 0.6 is 0 Å². The molecule has 1 heterocycles. The third-order valence-electron chi connectivity index (χ3n) is 4.39. The van der Waals surface area contributed by atoms with E-state index in [0.29, 0.717) is 12.7 Å². The standard InChI is InChI=1S/C17H24N2O2/c20-17(16-6-3-11-18-16)19-14-9-7-13(8-10-14)12-21-15-4-1-2-5-15/h7-10,15-16,18H,1-6,11-12H2,(H,19,20). The van der Waals surface area contributed by atoms with Gasteiger partial charge in [0.25, 0.3) is 0 Å². The molecule has 21 heavy (non-hydrogen) atoms. The summed E-state index contributed by atoms with van der Waals surface area (Å²) in [6.07, 6.45) is 7.44. The molecule has 1 aromatic rings. The Bertz CT molecular complexity index is 460. The van der Waals surface area contributed by atoms with Gasteiger partial charge in [-0.25, -0.2) is 0 Å². The number of carbonyl (C=O) groups is 1. The van der Waals surface area contributed by atoms with E-state index in [0.717, 1.165) is 25.1 Å². The molecule has 3 rings (SSSR count). The van der Waals surface area contributed by atoms with Gasteiger partial charge in [0.2, 0.25) is 5.91 Å². The van der Waals surface area contributed by atoms with E-state index in [-0.39, 0.29) is 11.9 Å². The van der Waals surface area contributed by atoms with Crippen molar-refractivity contribution in [2.45, 2.75) is 57.3 Å². The zero-order valence-corrected chi connectivity index (χ0v) is 12.4. The van der Waals surface area contributed by atoms with Crippen LogP contribution in [-0.2, 0) is 16.1 Å². The lowest BCUT2D eigenvalue weighted by Gasteiger charge is -2.13. The molecule has 1 saturated carbocycles. The quantitative estimate of drug-likeness (QED) is 0.876. The van der Waals surface area contributed by atoms with Gasteiger partial charge in [0.1, 0.15) is 0 Å². The molecule has 0 aromatic heterocycles. The van der Waals surface area contributed by atoms with Crippen molar-refractivity contribution in [1.29, 1.82) is 0 Å². The number of ether oxygens (including phenoxy) is 1. The fraction of sp³-hybridized carbons (Fsp3) is 0.588. The zero-order valence-electron chi connectivity index (χ0n) is 12.4. The van der Waals surface area contributed by atoms with E-state index in [1.54, 1.807) is 0 Å². The van der Waals surface area contributed by atoms with Crippen molar-refractivity contribution in [3.63, 3.8) is 0 Å². The van der Waals surface area contributed by atoms with Crippen LogP contribution in [0.15, 0.2) is 24.3 Å². The predicted molar refractivity (Wildman–Crippen MR) is 83.1 cm³/mol. The first-order chi connectivity index (χ1) is 10.3. The fourth-order valence-corrected chi connectivity index (χ4v) is 3.09. The molecule has 0 bridgehead atoms. The van der Waals surface area contributed by atoms with Crippen LogP contribution in [0.1, 0.15) is 44.1 Å². The smallest absolute Gasteiger partial charge is 0.241 e. The second-order valence-corrected chi connectivity index (χ2v) is 6.05. The molecular weight excluding hydrogens is 264 g/mol. The molecule has 1 saturated heterocycles. The molecule has 1 aliphatic carbocycles. The highest BCUT2D eigenvalue weighted by molar-refractivity contribution is 5.95. The molecule has 1 aromatic carbocycles. The maximum atomic E-state index is 12.0. The lowest BCUT2D eigenvalue weighted by Crippen LogP contribution is -2.35. The van der Waals surface area contributed by atoms with E-state index >= 15 is 0 Å². The summed E-state index contributed by atoms with van der Waals surface area (Å²) in [6.45, 7) is 1.61. The largest absolute Gasteiger partial charge is 0.374 e. The molecule has 1 atom stereocenters. The summed E-state index contributed by atoms with van der Waals surface area (Å²) >= 11 is 0. The Hall–Kier alpha value is -1.39. The average molecular weight is 288 g/mol. The molecule has 1 unspecified atom stereocenters. The van der Waals surface area contributed by atoms with Gasteiger partial charge < -0.3 is 15.4 Å². The van der Waals surface area contributed by atoms with E-state index in [2.05, 4.69) is 10.6 Å². The normalized spacial score (nSPS) is 22.6. The summed E-state index contributed by atoms with van der Waals surface area (Å²) in [5, 5.41) is 6.17. The fourth-order valence-electron chi connectivity index (χ4n) is 3.09. The first-order valence-corrected chi connectivity index (χ1v) is 8.06.